The number of halogens is 1. The van der Waals surface area contributed by atoms with Crippen molar-refractivity contribution in [3.05, 3.63) is 58.6 Å². The Bertz CT molecular complexity index is 1020. The first-order valence-electron chi connectivity index (χ1n) is 8.82. The molecule has 0 heterocycles. The van der Waals surface area contributed by atoms with Crippen LogP contribution < -0.4 is 20.3 Å². The van der Waals surface area contributed by atoms with Crippen LogP contribution >= 0.6 is 11.6 Å². The molecule has 29 heavy (non-hydrogen) atoms. The number of carbonyl (C=O) groups excluding carboxylic acids is 2. The van der Waals surface area contributed by atoms with Crippen LogP contribution in [0.4, 0.5) is 0 Å². The topological polar surface area (TPSA) is 114 Å². The molecular formula is C19H20ClN3O5S. The fraction of sp³-hybridized carbons (Fsp3) is 0.263. The molecule has 2 aromatic carbocycles. The molecule has 3 N–H and O–H groups in total. The third-order valence-electron chi connectivity index (χ3n) is 4.34. The number of methoxy groups -OCH3 is 1. The highest BCUT2D eigenvalue weighted by molar-refractivity contribution is 7.89. The number of hydrazine groups is 1. The van der Waals surface area contributed by atoms with Gasteiger partial charge in [0.25, 0.3) is 5.91 Å². The van der Waals surface area contributed by atoms with Crippen molar-refractivity contribution in [3.63, 3.8) is 0 Å². The summed E-state index contributed by atoms with van der Waals surface area (Å²) in [6.07, 6.45) is 1.60. The summed E-state index contributed by atoms with van der Waals surface area (Å²) >= 11 is 5.83. The van der Waals surface area contributed by atoms with Crippen molar-refractivity contribution in [1.82, 2.24) is 15.6 Å². The first kappa shape index (κ1) is 21.1. The van der Waals surface area contributed by atoms with E-state index < -0.39 is 15.9 Å². The molecule has 8 nitrogen and oxygen atoms in total. The highest BCUT2D eigenvalue weighted by Gasteiger charge is 2.30. The molecule has 0 unspecified atom stereocenters. The molecule has 0 radical (unpaired) electrons. The van der Waals surface area contributed by atoms with Crippen molar-refractivity contribution in [1.29, 1.82) is 0 Å². The number of hydrogen-bond donors (Lipinski definition) is 3. The SMILES string of the molecule is COc1ccc(C(=O)NNC(=O)C2CC2)cc1S(=O)(=O)NCc1ccc(Cl)cc1. The van der Waals surface area contributed by atoms with Gasteiger partial charge in [0, 0.05) is 23.0 Å². The van der Waals surface area contributed by atoms with Crippen molar-refractivity contribution >= 4 is 33.4 Å². The Hall–Kier alpha value is -2.62. The molecule has 2 amide bonds. The lowest BCUT2D eigenvalue weighted by molar-refractivity contribution is -0.123. The van der Waals surface area contributed by atoms with Crippen molar-refractivity contribution in [2.45, 2.75) is 24.3 Å². The van der Waals surface area contributed by atoms with Crippen molar-refractivity contribution in [2.24, 2.45) is 5.92 Å². The van der Waals surface area contributed by atoms with Crippen molar-refractivity contribution in [2.75, 3.05) is 7.11 Å². The van der Waals surface area contributed by atoms with Gasteiger partial charge in [0.05, 0.1) is 7.11 Å². The Morgan fingerprint density at radius 2 is 1.79 bits per heavy atom. The Morgan fingerprint density at radius 1 is 1.10 bits per heavy atom. The summed E-state index contributed by atoms with van der Waals surface area (Å²) in [5.41, 5.74) is 5.41. The number of benzene rings is 2. The smallest absolute Gasteiger partial charge is 0.269 e. The predicted molar refractivity (Wildman–Crippen MR) is 107 cm³/mol. The first-order valence-corrected chi connectivity index (χ1v) is 10.7. The van der Waals surface area contributed by atoms with Crippen LogP contribution in [0.2, 0.25) is 5.02 Å². The highest BCUT2D eigenvalue weighted by Crippen LogP contribution is 2.28. The molecule has 1 aliphatic rings. The molecule has 2 aromatic rings. The second kappa shape index (κ2) is 8.81. The van der Waals surface area contributed by atoms with Crippen LogP contribution in [0.3, 0.4) is 0 Å². The molecule has 10 heteroatoms. The van der Waals surface area contributed by atoms with E-state index in [0.717, 1.165) is 12.8 Å². The first-order chi connectivity index (χ1) is 13.8. The van der Waals surface area contributed by atoms with E-state index in [0.29, 0.717) is 10.6 Å². The summed E-state index contributed by atoms with van der Waals surface area (Å²) < 4.78 is 33.2. The molecule has 0 saturated heterocycles. The predicted octanol–water partition coefficient (Wildman–Crippen LogP) is 2.00. The normalized spacial score (nSPS) is 13.6. The fourth-order valence-electron chi connectivity index (χ4n) is 2.52. The van der Waals surface area contributed by atoms with Gasteiger partial charge in [0.2, 0.25) is 15.9 Å². The third-order valence-corrected chi connectivity index (χ3v) is 6.02. The quantitative estimate of drug-likeness (QED) is 0.573. The molecule has 0 bridgehead atoms. The van der Waals surface area contributed by atoms with Gasteiger partial charge in [0.1, 0.15) is 10.6 Å². The van der Waals surface area contributed by atoms with Gasteiger partial charge in [-0.05, 0) is 48.7 Å². The van der Waals surface area contributed by atoms with Crippen LogP contribution in [0.5, 0.6) is 5.75 Å². The number of hydrogen-bond acceptors (Lipinski definition) is 5. The summed E-state index contributed by atoms with van der Waals surface area (Å²) in [6.45, 7) is 0.0382. The maximum atomic E-state index is 12.8. The lowest BCUT2D eigenvalue weighted by Gasteiger charge is -2.13. The summed E-state index contributed by atoms with van der Waals surface area (Å²) in [4.78, 5) is 23.8. The Kier molecular flexibility index (Phi) is 6.41. The van der Waals surface area contributed by atoms with Gasteiger partial charge in [-0.25, -0.2) is 13.1 Å². The zero-order valence-electron chi connectivity index (χ0n) is 15.6. The number of carbonyl (C=O) groups is 2. The summed E-state index contributed by atoms with van der Waals surface area (Å²) in [6, 6.07) is 10.7. The second-order valence-corrected chi connectivity index (χ2v) is 8.71. The molecule has 154 valence electrons. The van der Waals surface area contributed by atoms with Gasteiger partial charge < -0.3 is 4.74 Å². The van der Waals surface area contributed by atoms with Crippen molar-refractivity contribution < 1.29 is 22.7 Å². The van der Waals surface area contributed by atoms with E-state index in [1.807, 2.05) is 0 Å². The monoisotopic (exact) mass is 437 g/mol. The number of ether oxygens (including phenoxy) is 1. The van der Waals surface area contributed by atoms with Crippen molar-refractivity contribution in [3.8, 4) is 5.75 Å². The molecule has 0 spiro atoms. The minimum Gasteiger partial charge on any atom is -0.495 e. The zero-order valence-corrected chi connectivity index (χ0v) is 17.1. The van der Waals surface area contributed by atoms with E-state index in [-0.39, 0.29) is 34.6 Å². The largest absolute Gasteiger partial charge is 0.495 e. The van der Waals surface area contributed by atoms with Crippen LogP contribution in [0.1, 0.15) is 28.8 Å². The van der Waals surface area contributed by atoms with E-state index in [4.69, 9.17) is 16.3 Å². The van der Waals surface area contributed by atoms with Gasteiger partial charge >= 0.3 is 0 Å². The van der Waals surface area contributed by atoms with Gasteiger partial charge in [-0.3, -0.25) is 20.4 Å². The van der Waals surface area contributed by atoms with Crippen LogP contribution in [-0.4, -0.2) is 27.3 Å². The molecule has 0 aromatic heterocycles. The van der Waals surface area contributed by atoms with Crippen LogP contribution in [-0.2, 0) is 21.4 Å². The van der Waals surface area contributed by atoms with Crippen LogP contribution in [0, 0.1) is 5.92 Å². The highest BCUT2D eigenvalue weighted by atomic mass is 35.5. The summed E-state index contributed by atoms with van der Waals surface area (Å²) in [5.74, 6) is -0.869. The molecule has 1 fully saturated rings. The average Bonchev–Trinajstić information content (AvgIpc) is 3.56. The Balaban J connectivity index is 1.74. The molecule has 0 atom stereocenters. The zero-order chi connectivity index (χ0) is 21.0. The average molecular weight is 438 g/mol. The lowest BCUT2D eigenvalue weighted by atomic mass is 10.2. The Labute approximate surface area is 173 Å². The van der Waals surface area contributed by atoms with E-state index >= 15 is 0 Å². The number of sulfonamides is 1. The molecule has 0 aliphatic heterocycles. The maximum absolute atomic E-state index is 12.8. The van der Waals surface area contributed by atoms with E-state index in [9.17, 15) is 18.0 Å². The molecular weight excluding hydrogens is 418 g/mol. The van der Waals surface area contributed by atoms with E-state index in [1.165, 1.54) is 25.3 Å². The van der Waals surface area contributed by atoms with Gasteiger partial charge in [-0.1, -0.05) is 23.7 Å². The van der Waals surface area contributed by atoms with Crippen LogP contribution in [0.15, 0.2) is 47.4 Å². The minimum atomic E-state index is -3.98. The molecule has 3 rings (SSSR count). The minimum absolute atomic E-state index is 0.0382. The second-order valence-electron chi connectivity index (χ2n) is 6.53. The number of rotatable bonds is 7. The third kappa shape index (κ3) is 5.47. The number of nitrogens with one attached hydrogen (secondary N) is 3. The Morgan fingerprint density at radius 3 is 2.41 bits per heavy atom. The molecule has 1 aliphatic carbocycles. The van der Waals surface area contributed by atoms with Gasteiger partial charge in [-0.15, -0.1) is 0 Å². The standard InChI is InChI=1S/C19H20ClN3O5S/c1-28-16-9-6-14(19(25)23-22-18(24)13-4-5-13)10-17(16)29(26,27)21-11-12-2-7-15(20)8-3-12/h2-3,6-10,13,21H,4-5,11H2,1H3,(H,22,24)(H,23,25). The van der Waals surface area contributed by atoms with Crippen LogP contribution in [0.25, 0.3) is 0 Å². The fourth-order valence-corrected chi connectivity index (χ4v) is 3.86. The molecule has 1 saturated carbocycles. The number of amides is 2. The van der Waals surface area contributed by atoms with E-state index in [1.54, 1.807) is 24.3 Å². The lowest BCUT2D eigenvalue weighted by Crippen LogP contribution is -2.42. The van der Waals surface area contributed by atoms with Gasteiger partial charge in [0.15, 0.2) is 0 Å². The van der Waals surface area contributed by atoms with Gasteiger partial charge in [-0.2, -0.15) is 0 Å². The van der Waals surface area contributed by atoms with E-state index in [2.05, 4.69) is 15.6 Å². The summed E-state index contributed by atoms with van der Waals surface area (Å²) in [7, 11) is -2.64. The maximum Gasteiger partial charge on any atom is 0.269 e. The summed E-state index contributed by atoms with van der Waals surface area (Å²) in [5, 5.41) is 0.547.